The first kappa shape index (κ1) is 21.5. The lowest BCUT2D eigenvalue weighted by Gasteiger charge is -2.40. The van der Waals surface area contributed by atoms with Gasteiger partial charge in [-0.1, -0.05) is 48.5 Å². The van der Waals surface area contributed by atoms with E-state index in [9.17, 15) is 13.2 Å². The average molecular weight is 439 g/mol. The SMILES string of the molecule is CCOC(=O)C1(Cc2ccccc2)CCCN(S(=O)(=O)c2cccc3cccnc23)C1. The molecular weight excluding hydrogens is 412 g/mol. The molecule has 1 aliphatic heterocycles. The fourth-order valence-electron chi connectivity index (χ4n) is 4.37. The highest BCUT2D eigenvalue weighted by Crippen LogP contribution is 2.38. The van der Waals surface area contributed by atoms with Crippen molar-refractivity contribution in [2.75, 3.05) is 19.7 Å². The van der Waals surface area contributed by atoms with Gasteiger partial charge >= 0.3 is 5.97 Å². The number of pyridine rings is 1. The zero-order valence-electron chi connectivity index (χ0n) is 17.5. The molecule has 1 atom stereocenters. The van der Waals surface area contributed by atoms with Crippen LogP contribution in [0, 0.1) is 5.41 Å². The standard InChI is InChI=1S/C24H26N2O4S/c1-2-30-23(27)24(17-19-9-4-3-5-10-19)14-8-16-26(18-24)31(28,29)21-13-6-11-20-12-7-15-25-22(20)21/h3-7,9-13,15H,2,8,14,16-18H2,1H3. The van der Waals surface area contributed by atoms with Crippen molar-refractivity contribution in [3.8, 4) is 0 Å². The molecule has 6 nitrogen and oxygen atoms in total. The Labute approximate surface area is 182 Å². The molecule has 7 heteroatoms. The van der Waals surface area contributed by atoms with E-state index in [1.165, 1.54) is 4.31 Å². The molecule has 4 rings (SSSR count). The van der Waals surface area contributed by atoms with Gasteiger partial charge in [0, 0.05) is 24.7 Å². The maximum absolute atomic E-state index is 13.7. The molecule has 0 amide bonds. The van der Waals surface area contributed by atoms with Crippen LogP contribution < -0.4 is 0 Å². The summed E-state index contributed by atoms with van der Waals surface area (Å²) in [5.74, 6) is -0.338. The number of carbonyl (C=O) groups is 1. The second-order valence-electron chi connectivity index (χ2n) is 7.94. The summed E-state index contributed by atoms with van der Waals surface area (Å²) in [6.07, 6.45) is 3.20. The molecule has 1 unspecified atom stereocenters. The van der Waals surface area contributed by atoms with Gasteiger partial charge in [0.25, 0.3) is 0 Å². The number of piperidine rings is 1. The second kappa shape index (κ2) is 8.77. The molecule has 162 valence electrons. The van der Waals surface area contributed by atoms with Gasteiger partial charge in [-0.15, -0.1) is 0 Å². The third kappa shape index (κ3) is 4.20. The number of carbonyl (C=O) groups excluding carboxylic acids is 1. The van der Waals surface area contributed by atoms with Gasteiger partial charge in [-0.05, 0) is 43.9 Å². The number of hydrogen-bond donors (Lipinski definition) is 0. The summed E-state index contributed by atoms with van der Waals surface area (Å²) in [4.78, 5) is 17.6. The van der Waals surface area contributed by atoms with E-state index in [1.807, 2.05) is 42.5 Å². The van der Waals surface area contributed by atoms with E-state index in [0.29, 0.717) is 31.3 Å². The zero-order valence-corrected chi connectivity index (χ0v) is 18.3. The lowest BCUT2D eigenvalue weighted by Crippen LogP contribution is -2.51. The highest BCUT2D eigenvalue weighted by molar-refractivity contribution is 7.89. The number of para-hydroxylation sites is 1. The Bertz CT molecular complexity index is 1180. The number of hydrogen-bond acceptors (Lipinski definition) is 5. The summed E-state index contributed by atoms with van der Waals surface area (Å²) in [6.45, 7) is 2.48. The number of sulfonamides is 1. The minimum atomic E-state index is -3.84. The van der Waals surface area contributed by atoms with Crippen LogP contribution in [0.5, 0.6) is 0 Å². The van der Waals surface area contributed by atoms with Crippen LogP contribution in [0.3, 0.4) is 0 Å². The number of ether oxygens (including phenoxy) is 1. The maximum Gasteiger partial charge on any atom is 0.313 e. The van der Waals surface area contributed by atoms with Gasteiger partial charge in [0.05, 0.1) is 17.5 Å². The van der Waals surface area contributed by atoms with Crippen LogP contribution in [0.4, 0.5) is 0 Å². The highest BCUT2D eigenvalue weighted by Gasteiger charge is 2.46. The van der Waals surface area contributed by atoms with Gasteiger partial charge < -0.3 is 4.74 Å². The van der Waals surface area contributed by atoms with Crippen LogP contribution in [0.15, 0.2) is 71.8 Å². The summed E-state index contributed by atoms with van der Waals surface area (Å²) >= 11 is 0. The molecule has 0 aliphatic carbocycles. The Morgan fingerprint density at radius 2 is 1.87 bits per heavy atom. The van der Waals surface area contributed by atoms with E-state index in [2.05, 4.69) is 4.98 Å². The van der Waals surface area contributed by atoms with E-state index in [4.69, 9.17) is 4.74 Å². The minimum absolute atomic E-state index is 0.0896. The first-order valence-electron chi connectivity index (χ1n) is 10.5. The Kier molecular flexibility index (Phi) is 6.07. The van der Waals surface area contributed by atoms with Crippen molar-refractivity contribution in [1.29, 1.82) is 0 Å². The molecule has 0 bridgehead atoms. The van der Waals surface area contributed by atoms with Crippen LogP contribution >= 0.6 is 0 Å². The van der Waals surface area contributed by atoms with Crippen LogP contribution in [-0.4, -0.2) is 43.4 Å². The number of fused-ring (bicyclic) bond motifs is 1. The van der Waals surface area contributed by atoms with Crippen LogP contribution in [0.2, 0.25) is 0 Å². The molecule has 3 aromatic rings. The number of aromatic nitrogens is 1. The largest absolute Gasteiger partial charge is 0.466 e. The molecule has 0 radical (unpaired) electrons. The molecule has 2 aromatic carbocycles. The van der Waals surface area contributed by atoms with Crippen molar-refractivity contribution in [2.24, 2.45) is 5.41 Å². The van der Waals surface area contributed by atoms with E-state index in [0.717, 1.165) is 10.9 Å². The predicted molar refractivity (Wildman–Crippen MR) is 119 cm³/mol. The minimum Gasteiger partial charge on any atom is -0.466 e. The summed E-state index contributed by atoms with van der Waals surface area (Å²) in [7, 11) is -3.84. The van der Waals surface area contributed by atoms with Gasteiger partial charge in [-0.2, -0.15) is 4.31 Å². The molecule has 1 aromatic heterocycles. The third-order valence-corrected chi connectivity index (χ3v) is 7.73. The first-order valence-corrected chi connectivity index (χ1v) is 12.0. The van der Waals surface area contributed by atoms with Crippen molar-refractivity contribution < 1.29 is 17.9 Å². The number of esters is 1. The summed E-state index contributed by atoms with van der Waals surface area (Å²) < 4.78 is 34.2. The molecule has 31 heavy (non-hydrogen) atoms. The monoisotopic (exact) mass is 438 g/mol. The Hall–Kier alpha value is -2.77. The fourth-order valence-corrected chi connectivity index (χ4v) is 6.10. The summed E-state index contributed by atoms with van der Waals surface area (Å²) in [5.41, 5.74) is 0.516. The molecule has 0 N–H and O–H groups in total. The zero-order chi connectivity index (χ0) is 21.9. The smallest absolute Gasteiger partial charge is 0.313 e. The number of benzene rings is 2. The molecule has 1 aliphatic rings. The molecule has 1 saturated heterocycles. The summed E-state index contributed by atoms with van der Waals surface area (Å²) in [6, 6.07) is 18.5. The van der Waals surface area contributed by atoms with E-state index < -0.39 is 15.4 Å². The Balaban J connectivity index is 1.72. The normalized spacial score (nSPS) is 19.9. The van der Waals surface area contributed by atoms with E-state index in [-0.39, 0.29) is 24.0 Å². The fraction of sp³-hybridized carbons (Fsp3) is 0.333. The van der Waals surface area contributed by atoms with Crippen LogP contribution in [-0.2, 0) is 26.0 Å². The lowest BCUT2D eigenvalue weighted by atomic mass is 9.75. The topological polar surface area (TPSA) is 76.6 Å². The van der Waals surface area contributed by atoms with Gasteiger partial charge in [0.1, 0.15) is 4.90 Å². The first-order chi connectivity index (χ1) is 15.0. The molecule has 0 spiro atoms. The molecule has 0 saturated carbocycles. The molecular formula is C24H26N2O4S. The van der Waals surface area contributed by atoms with Crippen LogP contribution in [0.1, 0.15) is 25.3 Å². The van der Waals surface area contributed by atoms with Gasteiger partial charge in [0.2, 0.25) is 10.0 Å². The number of nitrogens with zero attached hydrogens (tertiary/aromatic N) is 2. The number of rotatable bonds is 6. The molecule has 2 heterocycles. The van der Waals surface area contributed by atoms with Crippen molar-refractivity contribution in [1.82, 2.24) is 9.29 Å². The second-order valence-corrected chi connectivity index (χ2v) is 9.84. The third-order valence-electron chi connectivity index (χ3n) is 5.85. The van der Waals surface area contributed by atoms with Crippen molar-refractivity contribution in [3.05, 3.63) is 72.4 Å². The van der Waals surface area contributed by atoms with Crippen molar-refractivity contribution in [3.63, 3.8) is 0 Å². The highest BCUT2D eigenvalue weighted by atomic mass is 32.2. The van der Waals surface area contributed by atoms with Gasteiger partial charge in [0.15, 0.2) is 0 Å². The van der Waals surface area contributed by atoms with Crippen LogP contribution in [0.25, 0.3) is 10.9 Å². The predicted octanol–water partition coefficient (Wildman–Crippen LogP) is 3.81. The average Bonchev–Trinajstić information content (AvgIpc) is 2.79. The van der Waals surface area contributed by atoms with Crippen molar-refractivity contribution >= 4 is 26.9 Å². The van der Waals surface area contributed by atoms with E-state index >= 15 is 0 Å². The Morgan fingerprint density at radius 1 is 1.10 bits per heavy atom. The lowest BCUT2D eigenvalue weighted by molar-refractivity contribution is -0.157. The molecule has 1 fully saturated rings. The van der Waals surface area contributed by atoms with Gasteiger partial charge in [-0.25, -0.2) is 8.42 Å². The van der Waals surface area contributed by atoms with Gasteiger partial charge in [-0.3, -0.25) is 9.78 Å². The van der Waals surface area contributed by atoms with Crippen molar-refractivity contribution in [2.45, 2.75) is 31.1 Å². The quantitative estimate of drug-likeness (QED) is 0.547. The van der Waals surface area contributed by atoms with E-state index in [1.54, 1.807) is 31.3 Å². The summed E-state index contributed by atoms with van der Waals surface area (Å²) in [5, 5.41) is 0.765. The Morgan fingerprint density at radius 3 is 2.65 bits per heavy atom. The maximum atomic E-state index is 13.7.